The second-order valence-electron chi connectivity index (χ2n) is 9.69. The van der Waals surface area contributed by atoms with Crippen molar-refractivity contribution in [2.45, 2.75) is 32.5 Å². The van der Waals surface area contributed by atoms with E-state index in [1.54, 1.807) is 12.1 Å². The number of hydrogen-bond donors (Lipinski definition) is 0. The highest BCUT2D eigenvalue weighted by Gasteiger charge is 2.34. The lowest BCUT2D eigenvalue weighted by molar-refractivity contribution is -0.274. The van der Waals surface area contributed by atoms with E-state index in [1.807, 2.05) is 31.2 Å². The van der Waals surface area contributed by atoms with Crippen molar-refractivity contribution < 1.29 is 37.0 Å². The quantitative estimate of drug-likeness (QED) is 0.255. The molecule has 11 heteroatoms. The summed E-state index contributed by atoms with van der Waals surface area (Å²) in [6.07, 6.45) is -3.91. The number of ketones is 1. The van der Waals surface area contributed by atoms with E-state index in [0.29, 0.717) is 35.2 Å². The Labute approximate surface area is 237 Å². The van der Waals surface area contributed by atoms with Crippen molar-refractivity contribution in [3.8, 4) is 28.5 Å². The lowest BCUT2D eigenvalue weighted by Crippen LogP contribution is -2.30. The Morgan fingerprint density at radius 2 is 1.83 bits per heavy atom. The standard InChI is InChI=1S/C30H23F3N2O5S/c1-17-28(34-27(41-17)15-21(36)12-18-6-9-25-26(13-18)39-16-38-25)20-7-8-23-19(14-20)10-11-35(23)29(37)22-4-2-3-5-24(22)40-30(31,32)33/h2-9,13-14H,10-12,15-16H2,1H3. The van der Waals surface area contributed by atoms with E-state index < -0.39 is 18.0 Å². The van der Waals surface area contributed by atoms with Gasteiger partial charge in [0.25, 0.3) is 5.91 Å². The highest BCUT2D eigenvalue weighted by molar-refractivity contribution is 7.12. The van der Waals surface area contributed by atoms with Gasteiger partial charge in [0.05, 0.1) is 17.7 Å². The highest BCUT2D eigenvalue weighted by atomic mass is 32.1. The second-order valence-corrected chi connectivity index (χ2v) is 11.0. The first-order valence-corrected chi connectivity index (χ1v) is 13.6. The summed E-state index contributed by atoms with van der Waals surface area (Å²) in [5.74, 6) is 0.238. The molecular formula is C30H23F3N2O5S. The molecule has 4 aromatic rings. The minimum Gasteiger partial charge on any atom is -0.454 e. The van der Waals surface area contributed by atoms with Gasteiger partial charge in [-0.05, 0) is 60.9 Å². The lowest BCUT2D eigenvalue weighted by atomic mass is 10.0. The van der Waals surface area contributed by atoms with Crippen LogP contribution in [0.3, 0.4) is 0 Å². The number of Topliss-reactive ketones (excluding diaryl/α,β-unsaturated/α-hetero) is 1. The van der Waals surface area contributed by atoms with Gasteiger partial charge in [-0.25, -0.2) is 4.98 Å². The molecule has 1 amide bonds. The number of alkyl halides is 3. The molecule has 7 nitrogen and oxygen atoms in total. The zero-order chi connectivity index (χ0) is 28.7. The zero-order valence-electron chi connectivity index (χ0n) is 21.8. The molecule has 0 unspecified atom stereocenters. The van der Waals surface area contributed by atoms with E-state index >= 15 is 0 Å². The number of halogens is 3. The van der Waals surface area contributed by atoms with E-state index in [9.17, 15) is 22.8 Å². The number of carbonyl (C=O) groups is 2. The monoisotopic (exact) mass is 580 g/mol. The Hall–Kier alpha value is -4.38. The van der Waals surface area contributed by atoms with Crippen molar-refractivity contribution in [2.75, 3.05) is 18.2 Å². The molecular weight excluding hydrogens is 557 g/mol. The van der Waals surface area contributed by atoms with Gasteiger partial charge in [-0.15, -0.1) is 24.5 Å². The van der Waals surface area contributed by atoms with Crippen LogP contribution in [-0.4, -0.2) is 36.4 Å². The summed E-state index contributed by atoms with van der Waals surface area (Å²) in [7, 11) is 0. The zero-order valence-corrected chi connectivity index (χ0v) is 22.6. The van der Waals surface area contributed by atoms with Gasteiger partial charge >= 0.3 is 6.36 Å². The van der Waals surface area contributed by atoms with Crippen LogP contribution in [0.25, 0.3) is 11.3 Å². The van der Waals surface area contributed by atoms with Crippen LogP contribution in [-0.2, 0) is 24.1 Å². The molecule has 2 aliphatic heterocycles. The van der Waals surface area contributed by atoms with Crippen LogP contribution in [0.4, 0.5) is 18.9 Å². The molecule has 0 aliphatic carbocycles. The van der Waals surface area contributed by atoms with Crippen molar-refractivity contribution in [2.24, 2.45) is 0 Å². The fourth-order valence-electron chi connectivity index (χ4n) is 5.07. The van der Waals surface area contributed by atoms with Gasteiger partial charge in [0, 0.05) is 29.1 Å². The van der Waals surface area contributed by atoms with Gasteiger partial charge in [0.15, 0.2) is 11.5 Å². The number of ether oxygens (including phenoxy) is 3. The van der Waals surface area contributed by atoms with Crippen LogP contribution in [0.2, 0.25) is 0 Å². The third kappa shape index (κ3) is 5.62. The average molecular weight is 581 g/mol. The van der Waals surface area contributed by atoms with Gasteiger partial charge in [0.1, 0.15) is 16.5 Å². The van der Waals surface area contributed by atoms with Crippen LogP contribution in [0.1, 0.15) is 31.4 Å². The molecule has 3 aromatic carbocycles. The van der Waals surface area contributed by atoms with Crippen LogP contribution >= 0.6 is 11.3 Å². The number of aryl methyl sites for hydroxylation is 1. The summed E-state index contributed by atoms with van der Waals surface area (Å²) in [4.78, 5) is 33.2. The van der Waals surface area contributed by atoms with E-state index in [-0.39, 0.29) is 31.0 Å². The fraction of sp³-hybridized carbons (Fsp3) is 0.233. The van der Waals surface area contributed by atoms with Crippen molar-refractivity contribution in [3.63, 3.8) is 0 Å². The number of benzene rings is 3. The Morgan fingerprint density at radius 3 is 2.66 bits per heavy atom. The maximum Gasteiger partial charge on any atom is 0.573 e. The van der Waals surface area contributed by atoms with Crippen molar-refractivity contribution in [1.29, 1.82) is 0 Å². The van der Waals surface area contributed by atoms with Gasteiger partial charge in [0.2, 0.25) is 6.79 Å². The SMILES string of the molecule is Cc1sc(CC(=O)Cc2ccc3c(c2)OCO3)nc1-c1ccc2c(c1)CCN2C(=O)c1ccccc1OC(F)(F)F. The smallest absolute Gasteiger partial charge is 0.454 e. The van der Waals surface area contributed by atoms with Crippen LogP contribution in [0.5, 0.6) is 17.2 Å². The Kier molecular flexibility index (Phi) is 6.90. The fourth-order valence-corrected chi connectivity index (χ4v) is 6.05. The van der Waals surface area contributed by atoms with E-state index in [2.05, 4.69) is 4.74 Å². The van der Waals surface area contributed by atoms with Gasteiger partial charge in [-0.2, -0.15) is 0 Å². The number of carbonyl (C=O) groups excluding carboxylic acids is 2. The number of amides is 1. The number of aromatic nitrogens is 1. The van der Waals surface area contributed by atoms with Gasteiger partial charge < -0.3 is 19.1 Å². The van der Waals surface area contributed by atoms with Crippen molar-refractivity contribution >= 4 is 28.7 Å². The van der Waals surface area contributed by atoms with Crippen LogP contribution in [0, 0.1) is 6.92 Å². The average Bonchev–Trinajstić information content (AvgIpc) is 3.65. The largest absolute Gasteiger partial charge is 0.573 e. The molecule has 0 bridgehead atoms. The van der Waals surface area contributed by atoms with E-state index in [4.69, 9.17) is 14.5 Å². The van der Waals surface area contributed by atoms with Gasteiger partial charge in [-0.1, -0.05) is 24.3 Å². The Bertz CT molecular complexity index is 1670. The maximum atomic E-state index is 13.2. The molecule has 3 heterocycles. The van der Waals surface area contributed by atoms with Crippen LogP contribution < -0.4 is 19.1 Å². The van der Waals surface area contributed by atoms with Crippen LogP contribution in [0.15, 0.2) is 60.7 Å². The summed E-state index contributed by atoms with van der Waals surface area (Å²) in [6.45, 7) is 2.45. The minimum atomic E-state index is -4.91. The summed E-state index contributed by atoms with van der Waals surface area (Å²) in [5.41, 5.74) is 3.81. The number of thiazole rings is 1. The molecule has 0 N–H and O–H groups in total. The molecule has 0 saturated heterocycles. The second kappa shape index (κ2) is 10.5. The molecule has 1 aromatic heterocycles. The number of fused-ring (bicyclic) bond motifs is 2. The summed E-state index contributed by atoms with van der Waals surface area (Å²) in [5, 5.41) is 0.710. The molecule has 0 atom stereocenters. The van der Waals surface area contributed by atoms with E-state index in [0.717, 1.165) is 33.3 Å². The predicted molar refractivity (Wildman–Crippen MR) is 146 cm³/mol. The third-order valence-electron chi connectivity index (χ3n) is 6.86. The molecule has 2 aliphatic rings. The lowest BCUT2D eigenvalue weighted by Gasteiger charge is -2.20. The minimum absolute atomic E-state index is 0.0297. The first-order chi connectivity index (χ1) is 19.6. The molecule has 6 rings (SSSR count). The maximum absolute atomic E-state index is 13.2. The topological polar surface area (TPSA) is 78.0 Å². The number of hydrogen-bond acceptors (Lipinski definition) is 7. The summed E-state index contributed by atoms with van der Waals surface area (Å²) in [6, 6.07) is 16.4. The molecule has 41 heavy (non-hydrogen) atoms. The number of para-hydroxylation sites is 1. The number of anilines is 1. The first kappa shape index (κ1) is 26.8. The number of nitrogens with zero attached hydrogens (tertiary/aromatic N) is 2. The normalized spacial score (nSPS) is 13.8. The summed E-state index contributed by atoms with van der Waals surface area (Å²) < 4.78 is 53.4. The predicted octanol–water partition coefficient (Wildman–Crippen LogP) is 6.30. The van der Waals surface area contributed by atoms with Crippen molar-refractivity contribution in [1.82, 2.24) is 4.98 Å². The molecule has 0 saturated carbocycles. The molecule has 210 valence electrons. The molecule has 0 spiro atoms. The highest BCUT2D eigenvalue weighted by Crippen LogP contribution is 2.37. The Balaban J connectivity index is 1.17. The van der Waals surface area contributed by atoms with Crippen molar-refractivity contribution in [3.05, 3.63) is 87.2 Å². The molecule has 0 fully saturated rings. The molecule has 0 radical (unpaired) electrons. The van der Waals surface area contributed by atoms with E-state index in [1.165, 1.54) is 34.4 Å². The summed E-state index contributed by atoms with van der Waals surface area (Å²) >= 11 is 1.46. The van der Waals surface area contributed by atoms with Gasteiger partial charge in [-0.3, -0.25) is 9.59 Å². The Morgan fingerprint density at radius 1 is 1.02 bits per heavy atom. The number of rotatable bonds is 7. The first-order valence-electron chi connectivity index (χ1n) is 12.8. The third-order valence-corrected chi connectivity index (χ3v) is 7.84.